The van der Waals surface area contributed by atoms with Crippen LogP contribution in [0.5, 0.6) is 0 Å². The summed E-state index contributed by atoms with van der Waals surface area (Å²) >= 11 is 5.70. The first-order chi connectivity index (χ1) is 13.3. The lowest BCUT2D eigenvalue weighted by Gasteiger charge is -2.06. The second-order valence-corrected chi connectivity index (χ2v) is 6.43. The highest BCUT2D eigenvalue weighted by Gasteiger charge is 2.38. The van der Waals surface area contributed by atoms with E-state index >= 15 is 0 Å². The minimum absolute atomic E-state index is 0.153. The molecular formula is C17H17ClF3N5O2. The summed E-state index contributed by atoms with van der Waals surface area (Å²) in [7, 11) is 0. The summed E-state index contributed by atoms with van der Waals surface area (Å²) in [5.74, 6) is 0.327. The number of halogens is 4. The largest absolute Gasteiger partial charge is 0.454 e. The number of nitrogens with zero attached hydrogens (tertiary/aromatic N) is 4. The number of aryl methyl sites for hydroxylation is 1. The van der Waals surface area contributed by atoms with Crippen LogP contribution in [-0.4, -0.2) is 32.0 Å². The lowest BCUT2D eigenvalue weighted by atomic mass is 10.3. The molecule has 3 aromatic rings. The molecule has 0 atom stereocenters. The normalized spacial score (nSPS) is 11.8. The van der Waals surface area contributed by atoms with Crippen LogP contribution in [0.4, 0.5) is 13.2 Å². The zero-order valence-electron chi connectivity index (χ0n) is 14.8. The molecule has 3 aromatic heterocycles. The van der Waals surface area contributed by atoms with Crippen molar-refractivity contribution in [2.45, 2.75) is 32.6 Å². The number of rotatable bonds is 7. The maximum Gasteiger partial charge on any atom is 0.436 e. The van der Waals surface area contributed by atoms with Crippen LogP contribution < -0.4 is 5.32 Å². The van der Waals surface area contributed by atoms with Crippen molar-refractivity contribution in [1.29, 1.82) is 0 Å². The molecule has 0 spiro atoms. The van der Waals surface area contributed by atoms with Gasteiger partial charge >= 0.3 is 6.18 Å². The number of carbonyl (C=O) groups is 1. The summed E-state index contributed by atoms with van der Waals surface area (Å²) in [6.07, 6.45) is -0.810. The molecule has 3 heterocycles. The number of alkyl halides is 3. The fourth-order valence-electron chi connectivity index (χ4n) is 2.58. The highest BCUT2D eigenvalue weighted by atomic mass is 35.5. The summed E-state index contributed by atoms with van der Waals surface area (Å²) in [4.78, 5) is 12.1. The zero-order chi connectivity index (χ0) is 20.3. The standard InChI is InChI=1S/C17H17ClF3N5O2/c1-11-14(18)15(17(19,20)21)24-26(11)9-2-6-22-16(27)13-5-4-12(28-13)10-25-8-3-7-23-25/h3-5,7-8H,2,6,9-10H2,1H3,(H,22,27). The van der Waals surface area contributed by atoms with Crippen LogP contribution in [0.15, 0.2) is 35.0 Å². The molecule has 7 nitrogen and oxygen atoms in total. The lowest BCUT2D eigenvalue weighted by Crippen LogP contribution is -2.25. The molecule has 0 saturated carbocycles. The van der Waals surface area contributed by atoms with Gasteiger partial charge < -0.3 is 9.73 Å². The Labute approximate surface area is 163 Å². The minimum atomic E-state index is -4.60. The third-order valence-electron chi connectivity index (χ3n) is 4.00. The maximum atomic E-state index is 12.8. The van der Waals surface area contributed by atoms with Crippen LogP contribution in [0.25, 0.3) is 0 Å². The van der Waals surface area contributed by atoms with E-state index in [-0.39, 0.29) is 24.5 Å². The number of amides is 1. The Morgan fingerprint density at radius 3 is 2.79 bits per heavy atom. The van der Waals surface area contributed by atoms with E-state index in [0.717, 1.165) is 0 Å². The number of furan rings is 1. The molecular weight excluding hydrogens is 399 g/mol. The van der Waals surface area contributed by atoms with Gasteiger partial charge in [0, 0.05) is 25.5 Å². The van der Waals surface area contributed by atoms with Gasteiger partial charge in [0.25, 0.3) is 5.91 Å². The van der Waals surface area contributed by atoms with E-state index in [2.05, 4.69) is 15.5 Å². The molecule has 0 aliphatic heterocycles. The van der Waals surface area contributed by atoms with Crippen molar-refractivity contribution >= 4 is 17.5 Å². The highest BCUT2D eigenvalue weighted by molar-refractivity contribution is 6.31. The highest BCUT2D eigenvalue weighted by Crippen LogP contribution is 2.35. The molecule has 28 heavy (non-hydrogen) atoms. The first kappa shape index (κ1) is 20.0. The maximum absolute atomic E-state index is 12.8. The van der Waals surface area contributed by atoms with Crippen molar-refractivity contribution < 1.29 is 22.4 Å². The van der Waals surface area contributed by atoms with Gasteiger partial charge in [-0.2, -0.15) is 23.4 Å². The summed E-state index contributed by atoms with van der Waals surface area (Å²) in [5.41, 5.74) is -0.870. The van der Waals surface area contributed by atoms with Gasteiger partial charge in [-0.05, 0) is 31.5 Å². The van der Waals surface area contributed by atoms with Crippen LogP contribution >= 0.6 is 11.6 Å². The van der Waals surface area contributed by atoms with Gasteiger partial charge in [0.1, 0.15) is 5.76 Å². The molecule has 0 saturated heterocycles. The fourth-order valence-corrected chi connectivity index (χ4v) is 2.82. The van der Waals surface area contributed by atoms with E-state index in [1.807, 2.05) is 0 Å². The molecule has 150 valence electrons. The van der Waals surface area contributed by atoms with Gasteiger partial charge in [0.05, 0.1) is 17.3 Å². The number of hydrogen-bond acceptors (Lipinski definition) is 4. The Balaban J connectivity index is 1.49. The molecule has 1 amide bonds. The van der Waals surface area contributed by atoms with E-state index in [0.29, 0.717) is 18.7 Å². The van der Waals surface area contributed by atoms with Crippen molar-refractivity contribution in [1.82, 2.24) is 24.9 Å². The SMILES string of the molecule is Cc1c(Cl)c(C(F)(F)F)nn1CCCNC(=O)c1ccc(Cn2cccn2)o1. The van der Waals surface area contributed by atoms with Crippen molar-refractivity contribution in [2.24, 2.45) is 0 Å². The van der Waals surface area contributed by atoms with Crippen LogP contribution in [-0.2, 0) is 19.3 Å². The van der Waals surface area contributed by atoms with Crippen molar-refractivity contribution in [2.75, 3.05) is 6.54 Å². The van der Waals surface area contributed by atoms with Crippen LogP contribution in [0, 0.1) is 6.92 Å². The first-order valence-corrected chi connectivity index (χ1v) is 8.78. The monoisotopic (exact) mass is 415 g/mol. The van der Waals surface area contributed by atoms with Crippen molar-refractivity contribution in [3.63, 3.8) is 0 Å². The summed E-state index contributed by atoms with van der Waals surface area (Å²) in [5, 5.41) is 9.82. The van der Waals surface area contributed by atoms with E-state index in [4.69, 9.17) is 16.0 Å². The topological polar surface area (TPSA) is 77.9 Å². The van der Waals surface area contributed by atoms with Gasteiger partial charge in [0.15, 0.2) is 11.5 Å². The van der Waals surface area contributed by atoms with E-state index in [1.54, 1.807) is 35.3 Å². The lowest BCUT2D eigenvalue weighted by molar-refractivity contribution is -0.141. The van der Waals surface area contributed by atoms with Crippen molar-refractivity contribution in [3.8, 4) is 0 Å². The average Bonchev–Trinajstić information content (AvgIpc) is 3.36. The predicted molar refractivity (Wildman–Crippen MR) is 94.0 cm³/mol. The van der Waals surface area contributed by atoms with Crippen LogP contribution in [0.3, 0.4) is 0 Å². The first-order valence-electron chi connectivity index (χ1n) is 8.40. The van der Waals surface area contributed by atoms with Gasteiger partial charge in [-0.1, -0.05) is 11.6 Å². The van der Waals surface area contributed by atoms with Crippen LogP contribution in [0.1, 0.15) is 34.1 Å². The van der Waals surface area contributed by atoms with Crippen LogP contribution in [0.2, 0.25) is 5.02 Å². The Kier molecular flexibility index (Phi) is 5.78. The third kappa shape index (κ3) is 4.56. The van der Waals surface area contributed by atoms with Gasteiger partial charge in [-0.3, -0.25) is 14.2 Å². The van der Waals surface area contributed by atoms with Gasteiger partial charge in [0.2, 0.25) is 0 Å². The second-order valence-electron chi connectivity index (χ2n) is 6.05. The number of hydrogen-bond donors (Lipinski definition) is 1. The Bertz CT molecular complexity index is 947. The minimum Gasteiger partial charge on any atom is -0.454 e. The molecule has 1 N–H and O–H groups in total. The molecule has 0 aliphatic rings. The summed E-state index contributed by atoms with van der Waals surface area (Å²) in [6.45, 7) is 2.30. The quantitative estimate of drug-likeness (QED) is 0.599. The van der Waals surface area contributed by atoms with Crippen molar-refractivity contribution in [3.05, 3.63) is 58.5 Å². The number of carbonyl (C=O) groups excluding carboxylic acids is 1. The zero-order valence-corrected chi connectivity index (χ0v) is 15.6. The molecule has 0 radical (unpaired) electrons. The third-order valence-corrected chi connectivity index (χ3v) is 4.45. The molecule has 0 unspecified atom stereocenters. The van der Waals surface area contributed by atoms with E-state index < -0.39 is 22.8 Å². The average molecular weight is 416 g/mol. The Hall–Kier alpha value is -2.75. The van der Waals surface area contributed by atoms with Gasteiger partial charge in [-0.25, -0.2) is 0 Å². The molecule has 0 fully saturated rings. The summed E-state index contributed by atoms with van der Waals surface area (Å²) < 4.78 is 46.8. The predicted octanol–water partition coefficient (Wildman–Crippen LogP) is 3.52. The molecule has 0 bridgehead atoms. The van der Waals surface area contributed by atoms with Gasteiger partial charge in [-0.15, -0.1) is 0 Å². The number of aromatic nitrogens is 4. The second kappa shape index (κ2) is 8.09. The Morgan fingerprint density at radius 2 is 2.14 bits per heavy atom. The van der Waals surface area contributed by atoms with E-state index in [1.165, 1.54) is 11.6 Å². The molecule has 0 aromatic carbocycles. The molecule has 11 heteroatoms. The number of nitrogens with one attached hydrogen (secondary N) is 1. The van der Waals surface area contributed by atoms with E-state index in [9.17, 15) is 18.0 Å². The molecule has 0 aliphatic carbocycles. The summed E-state index contributed by atoms with van der Waals surface area (Å²) in [6, 6.07) is 5.02. The Morgan fingerprint density at radius 1 is 1.36 bits per heavy atom. The fraction of sp³-hybridized carbons (Fsp3) is 0.353. The molecule has 3 rings (SSSR count). The smallest absolute Gasteiger partial charge is 0.436 e.